The third kappa shape index (κ3) is 3.68. The van der Waals surface area contributed by atoms with E-state index in [1.54, 1.807) is 52.3 Å². The van der Waals surface area contributed by atoms with Crippen molar-refractivity contribution in [3.8, 4) is 5.75 Å². The van der Waals surface area contributed by atoms with Gasteiger partial charge >= 0.3 is 11.7 Å². The molecule has 0 aliphatic carbocycles. The molecule has 0 saturated carbocycles. The van der Waals surface area contributed by atoms with Crippen LogP contribution in [0.2, 0.25) is 0 Å². The second-order valence-electron chi connectivity index (χ2n) is 8.32. The van der Waals surface area contributed by atoms with Gasteiger partial charge in [0.05, 0.1) is 12.8 Å². The topological polar surface area (TPSA) is 100 Å². The lowest BCUT2D eigenvalue weighted by atomic mass is 10.0. The minimum Gasteiger partial charge on any atom is -0.493 e. The summed E-state index contributed by atoms with van der Waals surface area (Å²) in [6.07, 6.45) is 1.03. The molecule has 0 atom stereocenters. The molecule has 2 fully saturated rings. The van der Waals surface area contributed by atoms with Crippen molar-refractivity contribution in [2.45, 2.75) is 18.9 Å². The lowest BCUT2D eigenvalue weighted by Gasteiger charge is -2.36. The zero-order valence-corrected chi connectivity index (χ0v) is 18.6. The number of anilines is 1. The van der Waals surface area contributed by atoms with Gasteiger partial charge in [-0.2, -0.15) is 0 Å². The Morgan fingerprint density at radius 3 is 2.44 bits per heavy atom. The number of carbonyl (C=O) groups is 3. The van der Waals surface area contributed by atoms with Crippen molar-refractivity contribution in [3.05, 3.63) is 70.6 Å². The first-order valence-electron chi connectivity index (χ1n) is 11.1. The maximum absolute atomic E-state index is 13.1. The predicted molar refractivity (Wildman–Crippen MR) is 124 cm³/mol. The number of ether oxygens (including phenoxy) is 1. The summed E-state index contributed by atoms with van der Waals surface area (Å²) in [6.45, 7) is 0.743. The van der Waals surface area contributed by atoms with Crippen LogP contribution in [-0.4, -0.2) is 60.4 Å². The van der Waals surface area contributed by atoms with Crippen LogP contribution in [0.3, 0.4) is 0 Å². The number of benzene rings is 2. The number of nitrogens with zero attached hydrogens (tertiary/aromatic N) is 3. The number of amides is 4. The van der Waals surface area contributed by atoms with E-state index in [4.69, 9.17) is 9.15 Å². The van der Waals surface area contributed by atoms with Crippen molar-refractivity contribution in [2.75, 3.05) is 31.6 Å². The van der Waals surface area contributed by atoms with Crippen LogP contribution in [0.4, 0.5) is 10.5 Å². The second kappa shape index (κ2) is 8.66. The van der Waals surface area contributed by atoms with Crippen molar-refractivity contribution < 1.29 is 23.5 Å². The van der Waals surface area contributed by atoms with Crippen molar-refractivity contribution in [2.24, 2.45) is 0 Å². The fourth-order valence-electron chi connectivity index (χ4n) is 4.61. The van der Waals surface area contributed by atoms with Crippen molar-refractivity contribution in [1.82, 2.24) is 9.80 Å². The SMILES string of the molecule is COc1cccc2cc(C(=O)N3CCC(N4CC(=O)N(c5ccccc5)C4=O)CC3)c(=O)oc12. The Bertz CT molecular complexity index is 1330. The van der Waals surface area contributed by atoms with Gasteiger partial charge in [-0.05, 0) is 37.1 Å². The van der Waals surface area contributed by atoms with E-state index in [0.29, 0.717) is 48.3 Å². The van der Waals surface area contributed by atoms with E-state index in [2.05, 4.69) is 0 Å². The Kier molecular flexibility index (Phi) is 5.53. The summed E-state index contributed by atoms with van der Waals surface area (Å²) in [6, 6.07) is 15.1. The summed E-state index contributed by atoms with van der Waals surface area (Å²) in [5, 5.41) is 0.597. The molecule has 0 radical (unpaired) electrons. The number of likely N-dealkylation sites (tertiary alicyclic amines) is 1. The van der Waals surface area contributed by atoms with Crippen LogP contribution >= 0.6 is 0 Å². The summed E-state index contributed by atoms with van der Waals surface area (Å²) in [5.74, 6) is -0.255. The first-order chi connectivity index (χ1) is 16.5. The number of rotatable bonds is 4. The van der Waals surface area contributed by atoms with Gasteiger partial charge in [0.15, 0.2) is 11.3 Å². The lowest BCUT2D eigenvalue weighted by Crippen LogP contribution is -2.48. The van der Waals surface area contributed by atoms with Crippen LogP contribution in [0.1, 0.15) is 23.2 Å². The zero-order chi connectivity index (χ0) is 23.8. The van der Waals surface area contributed by atoms with E-state index in [9.17, 15) is 19.2 Å². The highest BCUT2D eigenvalue weighted by Gasteiger charge is 2.42. The third-order valence-corrected chi connectivity index (χ3v) is 6.37. The summed E-state index contributed by atoms with van der Waals surface area (Å²) in [5.41, 5.74) is 0.0857. The summed E-state index contributed by atoms with van der Waals surface area (Å²) >= 11 is 0. The lowest BCUT2D eigenvalue weighted by molar-refractivity contribution is -0.116. The first-order valence-corrected chi connectivity index (χ1v) is 11.1. The molecule has 1 aromatic heterocycles. The quantitative estimate of drug-likeness (QED) is 0.438. The number of fused-ring (bicyclic) bond motifs is 1. The highest BCUT2D eigenvalue weighted by Crippen LogP contribution is 2.28. The number of carbonyl (C=O) groups excluding carboxylic acids is 3. The Morgan fingerprint density at radius 1 is 1.00 bits per heavy atom. The molecule has 2 aromatic carbocycles. The molecule has 5 rings (SSSR count). The highest BCUT2D eigenvalue weighted by molar-refractivity contribution is 6.19. The molecule has 0 bridgehead atoms. The van der Waals surface area contributed by atoms with Crippen LogP contribution in [0.25, 0.3) is 11.0 Å². The molecule has 0 spiro atoms. The molecule has 3 aromatic rings. The van der Waals surface area contributed by atoms with Gasteiger partial charge in [0.25, 0.3) is 11.8 Å². The highest BCUT2D eigenvalue weighted by atomic mass is 16.5. The Labute approximate surface area is 195 Å². The summed E-state index contributed by atoms with van der Waals surface area (Å²) < 4.78 is 10.6. The standard InChI is InChI=1S/C25H23N3O6/c1-33-20-9-5-6-16-14-19(24(31)34-22(16)20)23(30)26-12-10-17(11-13-26)27-15-21(29)28(25(27)32)18-7-3-2-4-8-18/h2-9,14,17H,10-13,15H2,1H3. The third-order valence-electron chi connectivity index (χ3n) is 6.37. The number of methoxy groups -OCH3 is 1. The molecule has 174 valence electrons. The average molecular weight is 461 g/mol. The molecular formula is C25H23N3O6. The van der Waals surface area contributed by atoms with E-state index < -0.39 is 11.5 Å². The number of imide groups is 1. The molecule has 9 heteroatoms. The first kappa shape index (κ1) is 21.7. The van der Waals surface area contributed by atoms with E-state index in [1.807, 2.05) is 6.07 Å². The van der Waals surface area contributed by atoms with Crippen LogP contribution in [0, 0.1) is 0 Å². The van der Waals surface area contributed by atoms with Crippen molar-refractivity contribution >= 4 is 34.5 Å². The van der Waals surface area contributed by atoms with Gasteiger partial charge in [-0.3, -0.25) is 9.59 Å². The maximum Gasteiger partial charge on any atom is 0.349 e. The van der Waals surface area contributed by atoms with E-state index in [0.717, 1.165) is 0 Å². The number of urea groups is 1. The second-order valence-corrected chi connectivity index (χ2v) is 8.32. The van der Waals surface area contributed by atoms with Gasteiger partial charge in [-0.1, -0.05) is 30.3 Å². The molecule has 9 nitrogen and oxygen atoms in total. The predicted octanol–water partition coefficient (Wildman–Crippen LogP) is 2.88. The van der Waals surface area contributed by atoms with Gasteiger partial charge in [-0.25, -0.2) is 14.5 Å². The van der Waals surface area contributed by atoms with Gasteiger partial charge in [0, 0.05) is 24.5 Å². The Morgan fingerprint density at radius 2 is 1.74 bits per heavy atom. The van der Waals surface area contributed by atoms with Crippen LogP contribution in [-0.2, 0) is 4.79 Å². The number of piperidine rings is 1. The molecule has 4 amide bonds. The average Bonchev–Trinajstić information content (AvgIpc) is 3.17. The number of hydrogen-bond donors (Lipinski definition) is 0. The maximum atomic E-state index is 13.1. The molecule has 2 saturated heterocycles. The van der Waals surface area contributed by atoms with Crippen molar-refractivity contribution in [1.29, 1.82) is 0 Å². The Balaban J connectivity index is 1.29. The molecule has 3 heterocycles. The minimum atomic E-state index is -0.719. The van der Waals surface area contributed by atoms with Gasteiger partial charge in [0.1, 0.15) is 12.1 Å². The minimum absolute atomic E-state index is 0.0163. The molecular weight excluding hydrogens is 438 g/mol. The monoisotopic (exact) mass is 461 g/mol. The molecule has 2 aliphatic rings. The summed E-state index contributed by atoms with van der Waals surface area (Å²) in [7, 11) is 1.48. The molecule has 34 heavy (non-hydrogen) atoms. The fraction of sp³-hybridized carbons (Fsp3) is 0.280. The van der Waals surface area contributed by atoms with Gasteiger partial charge < -0.3 is 19.0 Å². The molecule has 0 N–H and O–H groups in total. The van der Waals surface area contributed by atoms with Crippen LogP contribution < -0.4 is 15.3 Å². The Hall–Kier alpha value is -4.14. The normalized spacial score (nSPS) is 17.0. The fourth-order valence-corrected chi connectivity index (χ4v) is 4.61. The zero-order valence-electron chi connectivity index (χ0n) is 18.6. The van der Waals surface area contributed by atoms with E-state index >= 15 is 0 Å². The largest absolute Gasteiger partial charge is 0.493 e. The van der Waals surface area contributed by atoms with E-state index in [1.165, 1.54) is 18.1 Å². The van der Waals surface area contributed by atoms with E-state index in [-0.39, 0.29) is 30.1 Å². The van der Waals surface area contributed by atoms with Crippen LogP contribution in [0.5, 0.6) is 5.75 Å². The van der Waals surface area contributed by atoms with Gasteiger partial charge in [-0.15, -0.1) is 0 Å². The molecule has 2 aliphatic heterocycles. The number of para-hydroxylation sites is 2. The smallest absolute Gasteiger partial charge is 0.349 e. The molecule has 0 unspecified atom stereocenters. The number of hydrogen-bond acceptors (Lipinski definition) is 6. The van der Waals surface area contributed by atoms with Gasteiger partial charge in [0.2, 0.25) is 0 Å². The van der Waals surface area contributed by atoms with Crippen molar-refractivity contribution in [3.63, 3.8) is 0 Å². The summed E-state index contributed by atoms with van der Waals surface area (Å²) in [4.78, 5) is 55.5. The van der Waals surface area contributed by atoms with Crippen LogP contribution in [0.15, 0.2) is 63.8 Å².